The van der Waals surface area contributed by atoms with Gasteiger partial charge >= 0.3 is 0 Å². The van der Waals surface area contributed by atoms with Crippen LogP contribution in [0.2, 0.25) is 0 Å². The van der Waals surface area contributed by atoms with Crippen LogP contribution in [-0.2, 0) is 4.79 Å². The maximum Gasteiger partial charge on any atom is 0.227 e. The van der Waals surface area contributed by atoms with Gasteiger partial charge in [0, 0.05) is 17.7 Å². The monoisotopic (exact) mass is 399 g/mol. The number of ether oxygens (including phenoxy) is 2. The number of thiocarbonyl (C=S) groups is 1. The van der Waals surface area contributed by atoms with Crippen LogP contribution in [0.4, 0.5) is 5.69 Å². The van der Waals surface area contributed by atoms with Crippen LogP contribution in [0.25, 0.3) is 22.6 Å². The summed E-state index contributed by atoms with van der Waals surface area (Å²) in [5.74, 6) is 1.58. The number of methoxy groups -OCH3 is 2. The van der Waals surface area contributed by atoms with Gasteiger partial charge in [0.1, 0.15) is 5.52 Å². The first-order valence-electron chi connectivity index (χ1n) is 8.78. The van der Waals surface area contributed by atoms with E-state index in [-0.39, 0.29) is 11.0 Å². The van der Waals surface area contributed by atoms with Crippen molar-refractivity contribution < 1.29 is 18.7 Å². The van der Waals surface area contributed by atoms with Crippen molar-refractivity contribution in [1.82, 2.24) is 10.3 Å². The molecule has 0 aliphatic rings. The van der Waals surface area contributed by atoms with Crippen molar-refractivity contribution in [1.29, 1.82) is 0 Å². The highest BCUT2D eigenvalue weighted by Gasteiger charge is 2.13. The summed E-state index contributed by atoms with van der Waals surface area (Å²) in [5, 5.41) is 5.88. The fourth-order valence-electron chi connectivity index (χ4n) is 2.68. The largest absolute Gasteiger partial charge is 0.493 e. The van der Waals surface area contributed by atoms with Crippen molar-refractivity contribution in [2.45, 2.75) is 19.8 Å². The van der Waals surface area contributed by atoms with E-state index in [0.717, 1.165) is 12.0 Å². The molecule has 3 aromatic rings. The Balaban J connectivity index is 1.81. The first kappa shape index (κ1) is 19.6. The molecule has 0 bridgehead atoms. The number of carbonyl (C=O) groups excluding carboxylic acids is 1. The van der Waals surface area contributed by atoms with E-state index < -0.39 is 0 Å². The second kappa shape index (κ2) is 8.71. The highest BCUT2D eigenvalue weighted by molar-refractivity contribution is 7.80. The summed E-state index contributed by atoms with van der Waals surface area (Å²) in [6, 6.07) is 10.9. The van der Waals surface area contributed by atoms with Gasteiger partial charge in [0.2, 0.25) is 11.8 Å². The number of carbonyl (C=O) groups is 1. The van der Waals surface area contributed by atoms with Crippen LogP contribution in [0.5, 0.6) is 11.5 Å². The van der Waals surface area contributed by atoms with E-state index in [4.69, 9.17) is 26.1 Å². The van der Waals surface area contributed by atoms with Crippen molar-refractivity contribution in [3.63, 3.8) is 0 Å². The summed E-state index contributed by atoms with van der Waals surface area (Å²) in [6.07, 6.45) is 1.19. The Hall–Kier alpha value is -3.13. The molecule has 146 valence electrons. The van der Waals surface area contributed by atoms with Crippen LogP contribution in [-0.4, -0.2) is 30.2 Å². The van der Waals surface area contributed by atoms with E-state index in [1.54, 1.807) is 38.5 Å². The first-order valence-corrected chi connectivity index (χ1v) is 9.18. The Morgan fingerprint density at radius 2 is 1.93 bits per heavy atom. The van der Waals surface area contributed by atoms with E-state index in [9.17, 15) is 4.79 Å². The Labute approximate surface area is 168 Å². The van der Waals surface area contributed by atoms with Gasteiger partial charge in [-0.1, -0.05) is 6.92 Å². The number of amides is 1. The zero-order valence-corrected chi connectivity index (χ0v) is 16.7. The lowest BCUT2D eigenvalue weighted by Crippen LogP contribution is -2.33. The molecule has 2 aromatic carbocycles. The van der Waals surface area contributed by atoms with Gasteiger partial charge in [0.25, 0.3) is 0 Å². The maximum absolute atomic E-state index is 11.6. The second-order valence-corrected chi connectivity index (χ2v) is 6.43. The minimum Gasteiger partial charge on any atom is -0.493 e. The van der Waals surface area contributed by atoms with Crippen LogP contribution in [0.1, 0.15) is 19.8 Å². The predicted molar refractivity (Wildman–Crippen MR) is 112 cm³/mol. The molecule has 0 spiro atoms. The predicted octanol–water partition coefficient (Wildman–Crippen LogP) is 4.13. The number of hydrogen-bond acceptors (Lipinski definition) is 6. The lowest BCUT2D eigenvalue weighted by molar-refractivity contribution is -0.119. The number of nitrogens with one attached hydrogen (secondary N) is 2. The molecule has 1 amide bonds. The molecule has 0 aliphatic heterocycles. The zero-order chi connectivity index (χ0) is 20.1. The van der Waals surface area contributed by atoms with Gasteiger partial charge in [-0.2, -0.15) is 0 Å². The third-order valence-corrected chi connectivity index (χ3v) is 4.21. The number of benzene rings is 2. The average Bonchev–Trinajstić information content (AvgIpc) is 3.10. The molecule has 0 radical (unpaired) electrons. The Morgan fingerprint density at radius 3 is 2.64 bits per heavy atom. The minimum absolute atomic E-state index is 0.113. The summed E-state index contributed by atoms with van der Waals surface area (Å²) in [6.45, 7) is 1.94. The zero-order valence-electron chi connectivity index (χ0n) is 15.9. The van der Waals surface area contributed by atoms with Gasteiger partial charge in [-0.25, -0.2) is 4.98 Å². The van der Waals surface area contributed by atoms with Crippen LogP contribution < -0.4 is 20.1 Å². The van der Waals surface area contributed by atoms with E-state index in [1.165, 1.54) is 0 Å². The maximum atomic E-state index is 11.6. The number of fused-ring (bicyclic) bond motifs is 1. The van der Waals surface area contributed by atoms with Crippen LogP contribution in [0.15, 0.2) is 40.8 Å². The summed E-state index contributed by atoms with van der Waals surface area (Å²) in [4.78, 5) is 16.2. The van der Waals surface area contributed by atoms with E-state index in [0.29, 0.717) is 40.6 Å². The number of nitrogens with zero attached hydrogens (tertiary/aromatic N) is 1. The van der Waals surface area contributed by atoms with Gasteiger partial charge in [-0.05, 0) is 55.0 Å². The fraction of sp³-hybridized carbons (Fsp3) is 0.250. The molecule has 8 heteroatoms. The Bertz CT molecular complexity index is 1020. The average molecular weight is 399 g/mol. The van der Waals surface area contributed by atoms with Gasteiger partial charge in [0.05, 0.1) is 14.2 Å². The molecular weight excluding hydrogens is 378 g/mol. The SMILES string of the molecule is CCCC(=O)NC(=S)Nc1ccc2oc(-c3ccc(OC)c(OC)c3)nc2c1. The van der Waals surface area contributed by atoms with Crippen LogP contribution >= 0.6 is 12.2 Å². The number of aromatic nitrogens is 1. The molecule has 0 fully saturated rings. The van der Waals surface area contributed by atoms with Crippen LogP contribution in [0.3, 0.4) is 0 Å². The normalized spacial score (nSPS) is 10.5. The smallest absolute Gasteiger partial charge is 0.227 e. The third-order valence-electron chi connectivity index (χ3n) is 4.01. The summed E-state index contributed by atoms with van der Waals surface area (Å²) < 4.78 is 16.4. The van der Waals surface area contributed by atoms with Crippen LogP contribution in [0, 0.1) is 0 Å². The number of hydrogen-bond donors (Lipinski definition) is 2. The molecule has 0 saturated heterocycles. The highest BCUT2D eigenvalue weighted by atomic mass is 32.1. The molecule has 7 nitrogen and oxygen atoms in total. The van der Waals surface area contributed by atoms with Gasteiger partial charge in [0.15, 0.2) is 22.2 Å². The molecule has 1 heterocycles. The van der Waals surface area contributed by atoms with Crippen molar-refractivity contribution in [3.8, 4) is 23.0 Å². The van der Waals surface area contributed by atoms with E-state index in [1.807, 2.05) is 19.1 Å². The quantitative estimate of drug-likeness (QED) is 0.603. The van der Waals surface area contributed by atoms with Gasteiger partial charge < -0.3 is 24.5 Å². The molecule has 0 aliphatic carbocycles. The van der Waals surface area contributed by atoms with E-state index in [2.05, 4.69) is 15.6 Å². The van der Waals surface area contributed by atoms with Crippen molar-refractivity contribution >= 4 is 40.0 Å². The molecule has 1 aromatic heterocycles. The molecule has 0 unspecified atom stereocenters. The van der Waals surface area contributed by atoms with Gasteiger partial charge in [-0.3, -0.25) is 4.79 Å². The number of anilines is 1. The highest BCUT2D eigenvalue weighted by Crippen LogP contribution is 2.33. The minimum atomic E-state index is -0.113. The lowest BCUT2D eigenvalue weighted by atomic mass is 10.2. The summed E-state index contributed by atoms with van der Waals surface area (Å²) in [7, 11) is 3.16. The fourth-order valence-corrected chi connectivity index (χ4v) is 2.91. The topological polar surface area (TPSA) is 85.6 Å². The first-order chi connectivity index (χ1) is 13.5. The summed E-state index contributed by atoms with van der Waals surface area (Å²) >= 11 is 5.17. The molecule has 28 heavy (non-hydrogen) atoms. The van der Waals surface area contributed by atoms with Crippen molar-refractivity contribution in [2.24, 2.45) is 0 Å². The Morgan fingerprint density at radius 1 is 1.14 bits per heavy atom. The van der Waals surface area contributed by atoms with Gasteiger partial charge in [-0.15, -0.1) is 0 Å². The number of oxazole rings is 1. The van der Waals surface area contributed by atoms with Crippen molar-refractivity contribution in [2.75, 3.05) is 19.5 Å². The molecule has 2 N–H and O–H groups in total. The molecule has 3 rings (SSSR count). The third kappa shape index (κ3) is 4.40. The molecular formula is C20H21N3O4S. The number of rotatable bonds is 6. The summed E-state index contributed by atoms with van der Waals surface area (Å²) in [5.41, 5.74) is 2.78. The van der Waals surface area contributed by atoms with Crippen molar-refractivity contribution in [3.05, 3.63) is 36.4 Å². The van der Waals surface area contributed by atoms with E-state index >= 15 is 0 Å². The standard InChI is InChI=1S/C20H21N3O4S/c1-4-5-18(24)23-20(28)21-13-7-9-15-14(11-13)22-19(27-15)12-6-8-16(25-2)17(10-12)26-3/h6-11H,4-5H2,1-3H3,(H2,21,23,24,28). The second-order valence-electron chi connectivity index (χ2n) is 6.02. The Kier molecular flexibility index (Phi) is 6.10. The molecule has 0 saturated carbocycles. The molecule has 0 atom stereocenters. The lowest BCUT2D eigenvalue weighted by Gasteiger charge is -2.08.